The molecule has 3 rings (SSSR count). The molecule has 2 saturated heterocycles. The molecule has 2 aliphatic rings. The summed E-state index contributed by atoms with van der Waals surface area (Å²) in [6.07, 6.45) is 5.23. The minimum absolute atomic E-state index is 0.413. The Balaban J connectivity index is 1.55. The summed E-state index contributed by atoms with van der Waals surface area (Å²) >= 11 is 0. The van der Waals surface area contributed by atoms with Crippen LogP contribution in [0, 0.1) is 0 Å². The normalized spacial score (nSPS) is 23.3. The van der Waals surface area contributed by atoms with E-state index >= 15 is 0 Å². The zero-order chi connectivity index (χ0) is 18.2. The van der Waals surface area contributed by atoms with Gasteiger partial charge in [0.15, 0.2) is 5.96 Å². The lowest BCUT2D eigenvalue weighted by molar-refractivity contribution is 0.244. The summed E-state index contributed by atoms with van der Waals surface area (Å²) in [6, 6.07) is 11.9. The first kappa shape index (κ1) is 19.2. The molecule has 144 valence electrons. The molecule has 5 nitrogen and oxygen atoms in total. The van der Waals surface area contributed by atoms with E-state index in [0.717, 1.165) is 25.6 Å². The van der Waals surface area contributed by atoms with Gasteiger partial charge < -0.3 is 10.6 Å². The molecule has 26 heavy (non-hydrogen) atoms. The molecule has 0 aromatic heterocycles. The Labute approximate surface area is 158 Å². The van der Waals surface area contributed by atoms with Crippen LogP contribution in [0.15, 0.2) is 35.3 Å². The monoisotopic (exact) mass is 357 g/mol. The highest BCUT2D eigenvalue weighted by atomic mass is 15.2. The van der Waals surface area contributed by atoms with Gasteiger partial charge in [-0.25, -0.2) is 0 Å². The smallest absolute Gasteiger partial charge is 0.191 e. The zero-order valence-corrected chi connectivity index (χ0v) is 16.5. The van der Waals surface area contributed by atoms with Crippen LogP contribution in [0.5, 0.6) is 0 Å². The molecule has 2 heterocycles. The number of guanidine groups is 1. The van der Waals surface area contributed by atoms with Gasteiger partial charge in [0, 0.05) is 26.2 Å². The van der Waals surface area contributed by atoms with Crippen molar-refractivity contribution in [1.82, 2.24) is 20.4 Å². The van der Waals surface area contributed by atoms with E-state index in [1.165, 1.54) is 50.9 Å². The fourth-order valence-corrected chi connectivity index (χ4v) is 4.36. The summed E-state index contributed by atoms with van der Waals surface area (Å²) in [5.74, 6) is 0.924. The SMILES string of the molecule is CCN1CCCC1CNC(=NC)NCC(c1ccccc1)N1CCCC1. The Morgan fingerprint density at radius 1 is 1.12 bits per heavy atom. The number of aliphatic imine (C=N–C) groups is 1. The summed E-state index contributed by atoms with van der Waals surface area (Å²) in [6.45, 7) is 8.90. The third-order valence-electron chi connectivity index (χ3n) is 5.86. The predicted molar refractivity (Wildman–Crippen MR) is 110 cm³/mol. The van der Waals surface area contributed by atoms with Gasteiger partial charge in [0.2, 0.25) is 0 Å². The molecule has 1 aromatic rings. The molecule has 2 unspecified atom stereocenters. The van der Waals surface area contributed by atoms with Crippen molar-refractivity contribution in [2.24, 2.45) is 4.99 Å². The fraction of sp³-hybridized carbons (Fsp3) is 0.667. The van der Waals surface area contributed by atoms with E-state index in [-0.39, 0.29) is 0 Å². The summed E-state index contributed by atoms with van der Waals surface area (Å²) in [7, 11) is 1.87. The number of likely N-dealkylation sites (N-methyl/N-ethyl adjacent to an activating group) is 1. The Morgan fingerprint density at radius 3 is 2.58 bits per heavy atom. The van der Waals surface area contributed by atoms with Crippen molar-refractivity contribution in [3.05, 3.63) is 35.9 Å². The highest BCUT2D eigenvalue weighted by Crippen LogP contribution is 2.24. The largest absolute Gasteiger partial charge is 0.355 e. The quantitative estimate of drug-likeness (QED) is 0.581. The van der Waals surface area contributed by atoms with Gasteiger partial charge in [-0.1, -0.05) is 37.3 Å². The van der Waals surface area contributed by atoms with Crippen LogP contribution in [0.2, 0.25) is 0 Å². The second-order valence-electron chi connectivity index (χ2n) is 7.43. The molecule has 2 atom stereocenters. The maximum Gasteiger partial charge on any atom is 0.191 e. The van der Waals surface area contributed by atoms with Crippen LogP contribution >= 0.6 is 0 Å². The van der Waals surface area contributed by atoms with E-state index in [1.54, 1.807) is 0 Å². The molecule has 0 bridgehead atoms. The molecule has 5 heteroatoms. The van der Waals surface area contributed by atoms with Crippen molar-refractivity contribution in [2.45, 2.75) is 44.7 Å². The Bertz CT molecular complexity index is 553. The number of benzene rings is 1. The molecule has 0 aliphatic carbocycles. The van der Waals surface area contributed by atoms with Crippen LogP contribution in [0.3, 0.4) is 0 Å². The highest BCUT2D eigenvalue weighted by Gasteiger charge is 2.25. The third-order valence-corrected chi connectivity index (χ3v) is 5.86. The predicted octanol–water partition coefficient (Wildman–Crippen LogP) is 2.47. The lowest BCUT2D eigenvalue weighted by Gasteiger charge is -2.29. The molecule has 2 fully saturated rings. The molecule has 1 aromatic carbocycles. The van der Waals surface area contributed by atoms with Gasteiger partial charge in [0.25, 0.3) is 0 Å². The fourth-order valence-electron chi connectivity index (χ4n) is 4.36. The van der Waals surface area contributed by atoms with E-state index in [2.05, 4.69) is 62.7 Å². The standard InChI is InChI=1S/C21H35N5/c1-3-25-15-9-12-19(25)16-23-21(22-2)24-17-20(26-13-7-8-14-26)18-10-5-4-6-11-18/h4-6,10-11,19-20H,3,7-9,12-17H2,1-2H3,(H2,22,23,24). The van der Waals surface area contributed by atoms with Crippen molar-refractivity contribution >= 4 is 5.96 Å². The average molecular weight is 358 g/mol. The minimum Gasteiger partial charge on any atom is -0.355 e. The van der Waals surface area contributed by atoms with Gasteiger partial charge in [0.05, 0.1) is 6.04 Å². The lowest BCUT2D eigenvalue weighted by atomic mass is 10.1. The average Bonchev–Trinajstić information content (AvgIpc) is 3.37. The van der Waals surface area contributed by atoms with Crippen molar-refractivity contribution in [3.63, 3.8) is 0 Å². The first-order chi connectivity index (χ1) is 12.8. The van der Waals surface area contributed by atoms with E-state index in [1.807, 2.05) is 7.05 Å². The zero-order valence-electron chi connectivity index (χ0n) is 16.5. The molecule has 2 aliphatic heterocycles. The third kappa shape index (κ3) is 4.98. The van der Waals surface area contributed by atoms with E-state index in [4.69, 9.17) is 0 Å². The van der Waals surface area contributed by atoms with E-state index < -0.39 is 0 Å². The molecular weight excluding hydrogens is 322 g/mol. The van der Waals surface area contributed by atoms with Crippen LogP contribution in [0.1, 0.15) is 44.2 Å². The molecule has 0 amide bonds. The van der Waals surface area contributed by atoms with Gasteiger partial charge in [-0.15, -0.1) is 0 Å². The molecule has 0 spiro atoms. The van der Waals surface area contributed by atoms with Crippen molar-refractivity contribution in [2.75, 3.05) is 46.3 Å². The Morgan fingerprint density at radius 2 is 1.88 bits per heavy atom. The summed E-state index contributed by atoms with van der Waals surface area (Å²) in [5.41, 5.74) is 1.39. The van der Waals surface area contributed by atoms with Gasteiger partial charge in [0.1, 0.15) is 0 Å². The van der Waals surface area contributed by atoms with E-state index in [0.29, 0.717) is 12.1 Å². The van der Waals surface area contributed by atoms with Crippen LogP contribution in [0.4, 0.5) is 0 Å². The summed E-state index contributed by atoms with van der Waals surface area (Å²) in [5, 5.41) is 7.13. The van der Waals surface area contributed by atoms with Crippen LogP contribution in [-0.2, 0) is 0 Å². The maximum atomic E-state index is 4.45. The number of nitrogens with one attached hydrogen (secondary N) is 2. The first-order valence-electron chi connectivity index (χ1n) is 10.3. The molecule has 2 N–H and O–H groups in total. The maximum absolute atomic E-state index is 4.45. The van der Waals surface area contributed by atoms with Crippen molar-refractivity contribution < 1.29 is 0 Å². The minimum atomic E-state index is 0.413. The van der Waals surface area contributed by atoms with Crippen LogP contribution in [0.25, 0.3) is 0 Å². The number of rotatable bonds is 7. The summed E-state index contributed by atoms with van der Waals surface area (Å²) < 4.78 is 0. The number of hydrogen-bond donors (Lipinski definition) is 2. The second-order valence-corrected chi connectivity index (χ2v) is 7.43. The van der Waals surface area contributed by atoms with Crippen molar-refractivity contribution in [3.8, 4) is 0 Å². The molecule has 0 saturated carbocycles. The lowest BCUT2D eigenvalue weighted by Crippen LogP contribution is -2.47. The van der Waals surface area contributed by atoms with E-state index in [9.17, 15) is 0 Å². The number of hydrogen-bond acceptors (Lipinski definition) is 3. The van der Waals surface area contributed by atoms with Gasteiger partial charge >= 0.3 is 0 Å². The Hall–Kier alpha value is -1.59. The summed E-state index contributed by atoms with van der Waals surface area (Å²) in [4.78, 5) is 9.62. The second kappa shape index (κ2) is 9.93. The Kier molecular flexibility index (Phi) is 7.32. The number of likely N-dealkylation sites (tertiary alicyclic amines) is 2. The van der Waals surface area contributed by atoms with Crippen molar-refractivity contribution in [1.29, 1.82) is 0 Å². The van der Waals surface area contributed by atoms with Crippen LogP contribution in [-0.4, -0.2) is 68.1 Å². The molecule has 0 radical (unpaired) electrons. The molecular formula is C21H35N5. The van der Waals surface area contributed by atoms with Gasteiger partial charge in [-0.2, -0.15) is 0 Å². The highest BCUT2D eigenvalue weighted by molar-refractivity contribution is 5.79. The van der Waals surface area contributed by atoms with Gasteiger partial charge in [-0.05, 0) is 57.4 Å². The van der Waals surface area contributed by atoms with Gasteiger partial charge in [-0.3, -0.25) is 14.8 Å². The first-order valence-corrected chi connectivity index (χ1v) is 10.3. The van der Waals surface area contributed by atoms with Crippen LogP contribution < -0.4 is 10.6 Å². The topological polar surface area (TPSA) is 42.9 Å². The number of nitrogens with zero attached hydrogens (tertiary/aromatic N) is 3.